The van der Waals surface area contributed by atoms with Crippen LogP contribution in [0.15, 0.2) is 53.6 Å². The molecule has 1 aromatic carbocycles. The van der Waals surface area contributed by atoms with Crippen LogP contribution >= 0.6 is 0 Å². The minimum Gasteiger partial charge on any atom is -0.378 e. The monoisotopic (exact) mass is 389 g/mol. The number of hydrogen-bond donors (Lipinski definition) is 1. The van der Waals surface area contributed by atoms with Gasteiger partial charge in [0.05, 0.1) is 36.6 Å². The van der Waals surface area contributed by atoms with Crippen LogP contribution in [0.4, 0.5) is 5.69 Å². The predicted octanol–water partition coefficient (Wildman–Crippen LogP) is 1.65. The number of pyridine rings is 1. The second-order valence-corrected chi connectivity index (χ2v) is 6.62. The third-order valence-electron chi connectivity index (χ3n) is 4.87. The molecule has 0 atom stereocenters. The van der Waals surface area contributed by atoms with E-state index in [9.17, 15) is 14.9 Å². The fourth-order valence-corrected chi connectivity index (χ4v) is 3.31. The molecule has 1 fully saturated rings. The second-order valence-electron chi connectivity index (χ2n) is 6.62. The molecule has 3 heterocycles. The van der Waals surface area contributed by atoms with Crippen molar-refractivity contribution in [2.75, 3.05) is 31.6 Å². The number of morpholine rings is 1. The van der Waals surface area contributed by atoms with Gasteiger partial charge in [-0.3, -0.25) is 14.0 Å². The number of nitriles is 1. The van der Waals surface area contributed by atoms with E-state index in [4.69, 9.17) is 4.74 Å². The summed E-state index contributed by atoms with van der Waals surface area (Å²) in [6, 6.07) is 12.7. The van der Waals surface area contributed by atoms with Gasteiger partial charge in [-0.2, -0.15) is 5.26 Å². The molecule has 29 heavy (non-hydrogen) atoms. The van der Waals surface area contributed by atoms with Gasteiger partial charge < -0.3 is 15.0 Å². The zero-order valence-electron chi connectivity index (χ0n) is 15.7. The molecule has 8 heteroatoms. The van der Waals surface area contributed by atoms with Crippen LogP contribution < -0.4 is 10.9 Å². The minimum absolute atomic E-state index is 0.165. The van der Waals surface area contributed by atoms with Crippen molar-refractivity contribution < 1.29 is 9.53 Å². The Morgan fingerprint density at radius 3 is 2.79 bits per heavy atom. The lowest BCUT2D eigenvalue weighted by Gasteiger charge is -2.27. The smallest absolute Gasteiger partial charge is 0.281 e. The summed E-state index contributed by atoms with van der Waals surface area (Å²) >= 11 is 0. The lowest BCUT2D eigenvalue weighted by Crippen LogP contribution is -2.41. The summed E-state index contributed by atoms with van der Waals surface area (Å²) in [5, 5.41) is 12.3. The molecule has 0 radical (unpaired) electrons. The first kappa shape index (κ1) is 18.7. The van der Waals surface area contributed by atoms with Crippen LogP contribution in [0.1, 0.15) is 21.5 Å². The predicted molar refractivity (Wildman–Crippen MR) is 107 cm³/mol. The maximum absolute atomic E-state index is 12.9. The van der Waals surface area contributed by atoms with Crippen LogP contribution in [-0.4, -0.2) is 46.5 Å². The molecule has 1 amide bonds. The quantitative estimate of drug-likeness (QED) is 0.728. The summed E-state index contributed by atoms with van der Waals surface area (Å²) in [7, 11) is 0. The van der Waals surface area contributed by atoms with Gasteiger partial charge in [-0.15, -0.1) is 0 Å². The summed E-state index contributed by atoms with van der Waals surface area (Å²) in [5.41, 5.74) is 2.03. The van der Waals surface area contributed by atoms with Crippen molar-refractivity contribution in [1.82, 2.24) is 14.3 Å². The average Bonchev–Trinajstić information content (AvgIpc) is 2.78. The van der Waals surface area contributed by atoms with Gasteiger partial charge in [0.2, 0.25) is 0 Å². The van der Waals surface area contributed by atoms with Gasteiger partial charge in [-0.1, -0.05) is 18.2 Å². The van der Waals surface area contributed by atoms with Crippen molar-refractivity contribution >= 4 is 17.2 Å². The van der Waals surface area contributed by atoms with E-state index in [1.54, 1.807) is 35.4 Å². The van der Waals surface area contributed by atoms with Gasteiger partial charge >= 0.3 is 0 Å². The van der Waals surface area contributed by atoms with Crippen molar-refractivity contribution in [3.05, 3.63) is 75.8 Å². The number of ether oxygens (including phenoxy) is 1. The molecule has 1 aliphatic heterocycles. The SMILES string of the molecule is N#Cc1ccccc1CNc1cnc2c(C(=O)N3CCOCC3)cccn2c1=O. The van der Waals surface area contributed by atoms with Gasteiger partial charge in [0, 0.05) is 25.8 Å². The zero-order valence-corrected chi connectivity index (χ0v) is 15.7. The number of carbonyl (C=O) groups is 1. The average molecular weight is 389 g/mol. The lowest BCUT2D eigenvalue weighted by atomic mass is 10.1. The summed E-state index contributed by atoms with van der Waals surface area (Å²) < 4.78 is 6.66. The third-order valence-corrected chi connectivity index (χ3v) is 4.87. The standard InChI is InChI=1S/C21H19N5O3/c22-12-15-4-1-2-5-16(15)13-23-18-14-24-19-17(6-3-7-26(19)21(18)28)20(27)25-8-10-29-11-9-25/h1-7,14,23H,8-11,13H2. The fraction of sp³-hybridized carbons (Fsp3) is 0.238. The number of benzene rings is 1. The summed E-state index contributed by atoms with van der Waals surface area (Å²) in [5.74, 6) is -0.165. The minimum atomic E-state index is -0.305. The molecule has 1 aliphatic rings. The Hall–Kier alpha value is -3.70. The Morgan fingerprint density at radius 1 is 1.21 bits per heavy atom. The van der Waals surface area contributed by atoms with Gasteiger partial charge in [0.15, 0.2) is 5.65 Å². The number of hydrogen-bond acceptors (Lipinski definition) is 6. The van der Waals surface area contributed by atoms with E-state index in [0.717, 1.165) is 5.56 Å². The molecular formula is C21H19N5O3. The molecule has 146 valence electrons. The molecular weight excluding hydrogens is 370 g/mol. The molecule has 0 spiro atoms. The summed E-state index contributed by atoms with van der Waals surface area (Å²) in [6.07, 6.45) is 3.03. The number of rotatable bonds is 4. The zero-order chi connectivity index (χ0) is 20.2. The van der Waals surface area contributed by atoms with Gasteiger partial charge in [0.25, 0.3) is 11.5 Å². The number of anilines is 1. The first-order valence-corrected chi connectivity index (χ1v) is 9.28. The molecule has 4 rings (SSSR count). The normalized spacial score (nSPS) is 13.8. The van der Waals surface area contributed by atoms with Crippen molar-refractivity contribution in [3.63, 3.8) is 0 Å². The lowest BCUT2D eigenvalue weighted by molar-refractivity contribution is 0.0303. The molecule has 0 aliphatic carbocycles. The Kier molecular flexibility index (Phi) is 5.22. The highest BCUT2D eigenvalue weighted by atomic mass is 16.5. The highest BCUT2D eigenvalue weighted by molar-refractivity contribution is 5.99. The van der Waals surface area contributed by atoms with E-state index in [2.05, 4.69) is 16.4 Å². The molecule has 2 aromatic heterocycles. The first-order chi connectivity index (χ1) is 14.2. The Labute approximate surface area is 167 Å². The Balaban J connectivity index is 1.63. The van der Waals surface area contributed by atoms with E-state index < -0.39 is 0 Å². The molecule has 0 bridgehead atoms. The number of amides is 1. The number of nitrogens with zero attached hydrogens (tertiary/aromatic N) is 4. The maximum Gasteiger partial charge on any atom is 0.281 e. The summed E-state index contributed by atoms with van der Waals surface area (Å²) in [6.45, 7) is 2.35. The van der Waals surface area contributed by atoms with Crippen LogP contribution in [-0.2, 0) is 11.3 Å². The van der Waals surface area contributed by atoms with E-state index in [0.29, 0.717) is 55.3 Å². The van der Waals surface area contributed by atoms with Crippen molar-refractivity contribution in [2.45, 2.75) is 6.54 Å². The van der Waals surface area contributed by atoms with Crippen molar-refractivity contribution in [1.29, 1.82) is 5.26 Å². The second kappa shape index (κ2) is 8.12. The van der Waals surface area contributed by atoms with E-state index in [1.165, 1.54) is 10.6 Å². The number of fused-ring (bicyclic) bond motifs is 1. The van der Waals surface area contributed by atoms with Gasteiger partial charge in [-0.05, 0) is 23.8 Å². The van der Waals surface area contributed by atoms with E-state index in [1.807, 2.05) is 12.1 Å². The van der Waals surface area contributed by atoms with E-state index >= 15 is 0 Å². The number of nitrogens with one attached hydrogen (secondary N) is 1. The molecule has 0 saturated carbocycles. The van der Waals surface area contributed by atoms with Crippen molar-refractivity contribution in [3.8, 4) is 6.07 Å². The highest BCUT2D eigenvalue weighted by Crippen LogP contribution is 2.14. The molecule has 1 N–H and O–H groups in total. The van der Waals surface area contributed by atoms with Gasteiger partial charge in [0.1, 0.15) is 5.69 Å². The third kappa shape index (κ3) is 3.68. The van der Waals surface area contributed by atoms with Crippen LogP contribution in [0.3, 0.4) is 0 Å². The molecule has 3 aromatic rings. The Morgan fingerprint density at radius 2 is 2.00 bits per heavy atom. The van der Waals surface area contributed by atoms with Crippen LogP contribution in [0.2, 0.25) is 0 Å². The Bertz CT molecular complexity index is 1160. The number of aromatic nitrogens is 2. The molecule has 1 saturated heterocycles. The molecule has 0 unspecified atom stereocenters. The fourth-order valence-electron chi connectivity index (χ4n) is 3.31. The van der Waals surface area contributed by atoms with Crippen LogP contribution in [0, 0.1) is 11.3 Å². The highest BCUT2D eigenvalue weighted by Gasteiger charge is 2.21. The van der Waals surface area contributed by atoms with Crippen molar-refractivity contribution in [2.24, 2.45) is 0 Å². The molecule has 8 nitrogen and oxygen atoms in total. The summed E-state index contributed by atoms with van der Waals surface area (Å²) in [4.78, 5) is 31.8. The van der Waals surface area contributed by atoms with Crippen LogP contribution in [0.25, 0.3) is 5.65 Å². The topological polar surface area (TPSA) is 99.7 Å². The maximum atomic E-state index is 12.9. The van der Waals surface area contributed by atoms with Gasteiger partial charge in [-0.25, -0.2) is 4.98 Å². The first-order valence-electron chi connectivity index (χ1n) is 9.28. The largest absolute Gasteiger partial charge is 0.378 e. The van der Waals surface area contributed by atoms with Crippen LogP contribution in [0.5, 0.6) is 0 Å². The van der Waals surface area contributed by atoms with E-state index in [-0.39, 0.29) is 11.5 Å². The number of carbonyl (C=O) groups excluding carboxylic acids is 1.